The lowest BCUT2D eigenvalue weighted by atomic mass is 9.96. The van der Waals surface area contributed by atoms with E-state index in [2.05, 4.69) is 0 Å². The predicted molar refractivity (Wildman–Crippen MR) is 92.8 cm³/mol. The summed E-state index contributed by atoms with van der Waals surface area (Å²) in [5.41, 5.74) is 0.204. The van der Waals surface area contributed by atoms with Crippen molar-refractivity contribution in [1.29, 1.82) is 0 Å². The highest BCUT2D eigenvalue weighted by Gasteiger charge is 2.39. The third-order valence-corrected chi connectivity index (χ3v) is 4.97. The number of carbonyl (C=O) groups excluding carboxylic acids is 3. The normalized spacial score (nSPS) is 23.2. The second-order valence-corrected chi connectivity index (χ2v) is 6.73. The summed E-state index contributed by atoms with van der Waals surface area (Å²) in [6.45, 7) is 3.13. The van der Waals surface area contributed by atoms with Crippen LogP contribution in [0.2, 0.25) is 0 Å². The first-order chi connectivity index (χ1) is 12.5. The second kappa shape index (κ2) is 7.85. The van der Waals surface area contributed by atoms with Crippen molar-refractivity contribution in [1.82, 2.24) is 4.90 Å². The molecule has 0 spiro atoms. The Morgan fingerprint density at radius 3 is 2.73 bits per heavy atom. The van der Waals surface area contributed by atoms with E-state index >= 15 is 0 Å². The molecule has 140 valence electrons. The van der Waals surface area contributed by atoms with E-state index in [-0.39, 0.29) is 42.4 Å². The Kier molecular flexibility index (Phi) is 5.54. The summed E-state index contributed by atoms with van der Waals surface area (Å²) in [6.07, 6.45) is 1.49. The van der Waals surface area contributed by atoms with Crippen LogP contribution < -0.4 is 4.90 Å². The van der Waals surface area contributed by atoms with Gasteiger partial charge in [0.2, 0.25) is 11.8 Å². The van der Waals surface area contributed by atoms with Crippen molar-refractivity contribution in [2.75, 3.05) is 31.1 Å². The maximum absolute atomic E-state index is 14.0. The van der Waals surface area contributed by atoms with Crippen molar-refractivity contribution in [3.8, 4) is 0 Å². The fraction of sp³-hybridized carbons (Fsp3) is 0.526. The van der Waals surface area contributed by atoms with Gasteiger partial charge in [0, 0.05) is 26.1 Å². The number of esters is 1. The molecule has 2 saturated heterocycles. The molecule has 3 rings (SSSR count). The minimum absolute atomic E-state index is 0.0632. The van der Waals surface area contributed by atoms with Crippen molar-refractivity contribution in [2.24, 2.45) is 11.8 Å². The molecule has 0 bridgehead atoms. The van der Waals surface area contributed by atoms with Gasteiger partial charge in [-0.25, -0.2) is 4.39 Å². The van der Waals surface area contributed by atoms with Crippen LogP contribution in [0.15, 0.2) is 24.3 Å². The predicted octanol–water partition coefficient (Wildman–Crippen LogP) is 1.98. The summed E-state index contributed by atoms with van der Waals surface area (Å²) in [4.78, 5) is 40.1. The number of carbonyl (C=O) groups is 3. The number of benzene rings is 1. The molecule has 6 nitrogen and oxygen atoms in total. The Balaban J connectivity index is 1.66. The molecule has 2 fully saturated rings. The van der Waals surface area contributed by atoms with Gasteiger partial charge in [-0.3, -0.25) is 14.4 Å². The summed E-state index contributed by atoms with van der Waals surface area (Å²) in [5, 5.41) is 0. The van der Waals surface area contributed by atoms with Crippen LogP contribution in [0.5, 0.6) is 0 Å². The first kappa shape index (κ1) is 18.4. The van der Waals surface area contributed by atoms with Crippen molar-refractivity contribution < 1.29 is 23.5 Å². The molecule has 0 saturated carbocycles. The zero-order valence-corrected chi connectivity index (χ0v) is 14.8. The fourth-order valence-electron chi connectivity index (χ4n) is 3.66. The van der Waals surface area contributed by atoms with Gasteiger partial charge in [-0.15, -0.1) is 0 Å². The fourth-order valence-corrected chi connectivity index (χ4v) is 3.66. The minimum atomic E-state index is -0.511. The quantitative estimate of drug-likeness (QED) is 0.768. The van der Waals surface area contributed by atoms with Crippen LogP contribution in [-0.4, -0.2) is 48.9 Å². The lowest BCUT2D eigenvalue weighted by Gasteiger charge is -2.33. The molecule has 0 radical (unpaired) electrons. The van der Waals surface area contributed by atoms with Gasteiger partial charge < -0.3 is 14.5 Å². The smallest absolute Gasteiger partial charge is 0.310 e. The third-order valence-electron chi connectivity index (χ3n) is 4.97. The van der Waals surface area contributed by atoms with Gasteiger partial charge in [0.05, 0.1) is 24.1 Å². The number of amides is 2. The Bertz CT molecular complexity index is 709. The van der Waals surface area contributed by atoms with Gasteiger partial charge in [-0.1, -0.05) is 12.1 Å². The van der Waals surface area contributed by atoms with E-state index in [0.717, 1.165) is 6.42 Å². The largest absolute Gasteiger partial charge is 0.466 e. The molecule has 2 heterocycles. The average molecular weight is 362 g/mol. The van der Waals surface area contributed by atoms with Crippen molar-refractivity contribution in [2.45, 2.75) is 26.2 Å². The zero-order chi connectivity index (χ0) is 18.7. The number of likely N-dealkylation sites (tertiary alicyclic amines) is 1. The summed E-state index contributed by atoms with van der Waals surface area (Å²) in [6, 6.07) is 6.06. The number of ether oxygens (including phenoxy) is 1. The van der Waals surface area contributed by atoms with Crippen LogP contribution in [0.3, 0.4) is 0 Å². The van der Waals surface area contributed by atoms with E-state index in [0.29, 0.717) is 26.1 Å². The van der Waals surface area contributed by atoms with Crippen LogP contribution in [0.1, 0.15) is 26.2 Å². The van der Waals surface area contributed by atoms with Crippen LogP contribution in [0.4, 0.5) is 10.1 Å². The number of hydrogen-bond donors (Lipinski definition) is 0. The van der Waals surface area contributed by atoms with Gasteiger partial charge in [0.1, 0.15) is 5.82 Å². The summed E-state index contributed by atoms with van der Waals surface area (Å²) in [5.74, 6) is -1.98. The van der Waals surface area contributed by atoms with Crippen molar-refractivity contribution >= 4 is 23.5 Å². The third kappa shape index (κ3) is 3.71. The van der Waals surface area contributed by atoms with Gasteiger partial charge in [0.25, 0.3) is 0 Å². The van der Waals surface area contributed by atoms with Gasteiger partial charge in [-0.05, 0) is 31.9 Å². The molecule has 1 aromatic carbocycles. The average Bonchev–Trinajstić information content (AvgIpc) is 3.03. The maximum Gasteiger partial charge on any atom is 0.310 e. The number of anilines is 1. The molecule has 2 aliphatic heterocycles. The van der Waals surface area contributed by atoms with E-state index < -0.39 is 11.7 Å². The molecule has 2 atom stereocenters. The van der Waals surface area contributed by atoms with E-state index in [9.17, 15) is 18.8 Å². The zero-order valence-electron chi connectivity index (χ0n) is 14.8. The summed E-state index contributed by atoms with van der Waals surface area (Å²) >= 11 is 0. The second-order valence-electron chi connectivity index (χ2n) is 6.73. The molecule has 7 heteroatoms. The van der Waals surface area contributed by atoms with Crippen molar-refractivity contribution in [3.05, 3.63) is 30.1 Å². The number of rotatable bonds is 4. The van der Waals surface area contributed by atoms with E-state index in [1.165, 1.54) is 17.0 Å². The maximum atomic E-state index is 14.0. The molecule has 2 aliphatic rings. The topological polar surface area (TPSA) is 66.9 Å². The molecular weight excluding hydrogens is 339 g/mol. The molecule has 1 aromatic rings. The number of piperidine rings is 1. The van der Waals surface area contributed by atoms with E-state index in [1.54, 1.807) is 24.0 Å². The highest BCUT2D eigenvalue weighted by atomic mass is 19.1. The monoisotopic (exact) mass is 362 g/mol. The Hall–Kier alpha value is -2.44. The van der Waals surface area contributed by atoms with Crippen LogP contribution in [0, 0.1) is 17.7 Å². The molecule has 26 heavy (non-hydrogen) atoms. The summed E-state index contributed by atoms with van der Waals surface area (Å²) in [7, 11) is 0. The number of hydrogen-bond acceptors (Lipinski definition) is 4. The molecule has 0 unspecified atom stereocenters. The Labute approximate surface area is 151 Å². The van der Waals surface area contributed by atoms with Gasteiger partial charge in [-0.2, -0.15) is 0 Å². The number of para-hydroxylation sites is 1. The molecular formula is C19H23FN2O4. The van der Waals surface area contributed by atoms with E-state index in [1.807, 2.05) is 0 Å². The molecule has 0 aliphatic carbocycles. The van der Waals surface area contributed by atoms with Gasteiger partial charge in [0.15, 0.2) is 0 Å². The standard InChI is InChI=1S/C19H23FN2O4/c1-2-26-19(25)13-6-5-9-21(11-13)18(24)14-10-17(23)22(12-14)16-8-4-3-7-15(16)20/h3-4,7-8,13-14H,2,5-6,9-12H2,1H3/t13-,14-/m0/s1. The Morgan fingerprint density at radius 1 is 1.23 bits per heavy atom. The lowest BCUT2D eigenvalue weighted by molar-refractivity contribution is -0.152. The highest BCUT2D eigenvalue weighted by Crippen LogP contribution is 2.29. The Morgan fingerprint density at radius 2 is 2.00 bits per heavy atom. The molecule has 0 aromatic heterocycles. The van der Waals surface area contributed by atoms with E-state index in [4.69, 9.17) is 4.74 Å². The van der Waals surface area contributed by atoms with Crippen LogP contribution in [0.25, 0.3) is 0 Å². The summed E-state index contributed by atoms with van der Waals surface area (Å²) < 4.78 is 19.0. The van der Waals surface area contributed by atoms with Crippen LogP contribution in [-0.2, 0) is 19.1 Å². The first-order valence-corrected chi connectivity index (χ1v) is 9.01. The van der Waals surface area contributed by atoms with Gasteiger partial charge >= 0.3 is 5.97 Å². The SMILES string of the molecule is CCOC(=O)[C@H]1CCCN(C(=O)[C@H]2CC(=O)N(c3ccccc3F)C2)C1. The molecule has 0 N–H and O–H groups in total. The van der Waals surface area contributed by atoms with Crippen LogP contribution >= 0.6 is 0 Å². The molecule has 2 amide bonds. The number of nitrogens with zero attached hydrogens (tertiary/aromatic N) is 2. The van der Waals surface area contributed by atoms with Crippen molar-refractivity contribution in [3.63, 3.8) is 0 Å². The first-order valence-electron chi connectivity index (χ1n) is 9.01. The minimum Gasteiger partial charge on any atom is -0.466 e. The highest BCUT2D eigenvalue weighted by molar-refractivity contribution is 6.00. The number of halogens is 1. The lowest BCUT2D eigenvalue weighted by Crippen LogP contribution is -2.45.